The van der Waals surface area contributed by atoms with Gasteiger partial charge >= 0.3 is 5.97 Å². The van der Waals surface area contributed by atoms with Gasteiger partial charge in [-0.2, -0.15) is 5.10 Å². The van der Waals surface area contributed by atoms with Gasteiger partial charge in [0.2, 0.25) is 0 Å². The Morgan fingerprint density at radius 2 is 2.46 bits per heavy atom. The van der Waals surface area contributed by atoms with Gasteiger partial charge < -0.3 is 10.8 Å². The van der Waals surface area contributed by atoms with E-state index in [2.05, 4.69) is 27.7 Å². The zero-order valence-electron chi connectivity index (χ0n) is 7.01. The van der Waals surface area contributed by atoms with Crippen molar-refractivity contribution in [3.63, 3.8) is 0 Å². The molecule has 5 nitrogen and oxygen atoms in total. The first kappa shape index (κ1) is 10.5. The van der Waals surface area contributed by atoms with Crippen molar-refractivity contribution >= 4 is 28.6 Å². The lowest BCUT2D eigenvalue weighted by molar-refractivity contribution is -0.139. The fourth-order valence-corrected chi connectivity index (χ4v) is 1.32. The molecular formula is C7H10IN3O2. The molecule has 0 aliphatic heterocycles. The minimum Gasteiger partial charge on any atom is -0.480 e. The van der Waals surface area contributed by atoms with Crippen molar-refractivity contribution in [3.05, 3.63) is 16.0 Å². The molecule has 0 amide bonds. The summed E-state index contributed by atoms with van der Waals surface area (Å²) in [6, 6.07) is -1.25. The van der Waals surface area contributed by atoms with E-state index >= 15 is 0 Å². The van der Waals surface area contributed by atoms with Gasteiger partial charge in [0.25, 0.3) is 0 Å². The number of nitrogens with zero attached hydrogens (tertiary/aromatic N) is 2. The normalized spacial score (nSPS) is 15.3. The van der Waals surface area contributed by atoms with Crippen LogP contribution in [0.15, 0.2) is 12.4 Å². The van der Waals surface area contributed by atoms with Crippen LogP contribution in [0, 0.1) is 3.57 Å². The summed E-state index contributed by atoms with van der Waals surface area (Å²) in [5.74, 6) is -1.02. The van der Waals surface area contributed by atoms with Gasteiger partial charge in [-0.1, -0.05) is 0 Å². The van der Waals surface area contributed by atoms with Crippen molar-refractivity contribution in [1.29, 1.82) is 0 Å². The second-order valence-electron chi connectivity index (χ2n) is 2.74. The van der Waals surface area contributed by atoms with Gasteiger partial charge in [-0.3, -0.25) is 9.48 Å². The molecule has 0 bridgehead atoms. The molecule has 0 saturated carbocycles. The van der Waals surface area contributed by atoms with Crippen LogP contribution in [0.1, 0.15) is 13.0 Å². The molecule has 0 fully saturated rings. The number of rotatable bonds is 3. The highest BCUT2D eigenvalue weighted by molar-refractivity contribution is 14.1. The number of aliphatic carboxylic acids is 1. The molecule has 1 rings (SSSR count). The summed E-state index contributed by atoms with van der Waals surface area (Å²) in [4.78, 5) is 10.6. The number of aromatic nitrogens is 2. The molecule has 0 saturated heterocycles. The first-order chi connectivity index (χ1) is 6.02. The Hall–Kier alpha value is -0.630. The maximum atomic E-state index is 10.6. The number of carboxylic acids is 1. The van der Waals surface area contributed by atoms with Crippen LogP contribution in [0.3, 0.4) is 0 Å². The maximum absolute atomic E-state index is 10.6. The fourth-order valence-electron chi connectivity index (χ4n) is 0.908. The lowest BCUT2D eigenvalue weighted by Gasteiger charge is -2.15. The first-order valence-electron chi connectivity index (χ1n) is 3.70. The Kier molecular flexibility index (Phi) is 3.26. The monoisotopic (exact) mass is 295 g/mol. The van der Waals surface area contributed by atoms with Crippen LogP contribution in [0.25, 0.3) is 0 Å². The van der Waals surface area contributed by atoms with Crippen LogP contribution in [-0.4, -0.2) is 26.9 Å². The molecule has 3 N–H and O–H groups in total. The third-order valence-electron chi connectivity index (χ3n) is 1.79. The molecule has 1 heterocycles. The Morgan fingerprint density at radius 3 is 2.85 bits per heavy atom. The Bertz CT molecular complexity index is 312. The summed E-state index contributed by atoms with van der Waals surface area (Å²) in [6.07, 6.45) is 3.42. The van der Waals surface area contributed by atoms with Gasteiger partial charge in [0.05, 0.1) is 15.8 Å². The van der Waals surface area contributed by atoms with Crippen molar-refractivity contribution in [3.8, 4) is 0 Å². The molecule has 2 atom stereocenters. The van der Waals surface area contributed by atoms with E-state index in [9.17, 15) is 4.79 Å². The van der Waals surface area contributed by atoms with Crippen molar-refractivity contribution in [2.45, 2.75) is 19.0 Å². The molecule has 72 valence electrons. The molecule has 13 heavy (non-hydrogen) atoms. The molecule has 0 radical (unpaired) electrons. The van der Waals surface area contributed by atoms with Crippen LogP contribution in [0.5, 0.6) is 0 Å². The molecular weight excluding hydrogens is 285 g/mol. The van der Waals surface area contributed by atoms with Crippen LogP contribution in [-0.2, 0) is 4.79 Å². The first-order valence-corrected chi connectivity index (χ1v) is 4.78. The summed E-state index contributed by atoms with van der Waals surface area (Å²) in [7, 11) is 0. The summed E-state index contributed by atoms with van der Waals surface area (Å²) in [6.45, 7) is 1.72. The van der Waals surface area contributed by atoms with Gasteiger partial charge in [0, 0.05) is 6.20 Å². The quantitative estimate of drug-likeness (QED) is 0.794. The van der Waals surface area contributed by atoms with E-state index < -0.39 is 12.0 Å². The second kappa shape index (κ2) is 4.05. The highest BCUT2D eigenvalue weighted by Gasteiger charge is 2.21. The summed E-state index contributed by atoms with van der Waals surface area (Å²) >= 11 is 2.10. The Balaban J connectivity index is 2.78. The lowest BCUT2D eigenvalue weighted by Crippen LogP contribution is -2.38. The van der Waals surface area contributed by atoms with E-state index in [1.807, 2.05) is 0 Å². The topological polar surface area (TPSA) is 81.1 Å². The minimum absolute atomic E-state index is 0.332. The number of halogens is 1. The number of hydrogen-bond acceptors (Lipinski definition) is 3. The second-order valence-corrected chi connectivity index (χ2v) is 3.99. The van der Waals surface area contributed by atoms with Gasteiger partial charge in [-0.05, 0) is 29.5 Å². The number of carbonyl (C=O) groups is 1. The highest BCUT2D eigenvalue weighted by atomic mass is 127. The van der Waals surface area contributed by atoms with Crippen LogP contribution >= 0.6 is 22.6 Å². The smallest absolute Gasteiger partial charge is 0.322 e. The molecule has 1 aromatic heterocycles. The van der Waals surface area contributed by atoms with E-state index in [1.54, 1.807) is 24.0 Å². The molecule has 2 unspecified atom stereocenters. The molecule has 0 spiro atoms. The largest absolute Gasteiger partial charge is 0.480 e. The Morgan fingerprint density at radius 1 is 1.85 bits per heavy atom. The summed E-state index contributed by atoms with van der Waals surface area (Å²) < 4.78 is 2.52. The predicted molar refractivity (Wildman–Crippen MR) is 55.3 cm³/mol. The van der Waals surface area contributed by atoms with E-state index in [4.69, 9.17) is 10.8 Å². The van der Waals surface area contributed by atoms with Crippen LogP contribution in [0.2, 0.25) is 0 Å². The van der Waals surface area contributed by atoms with E-state index in [0.29, 0.717) is 0 Å². The number of nitrogens with two attached hydrogens (primary N) is 1. The SMILES string of the molecule is CC(C(N)C(=O)O)n1cc(I)cn1. The van der Waals surface area contributed by atoms with Gasteiger partial charge in [-0.15, -0.1) is 0 Å². The number of carboxylic acid groups (broad SMARTS) is 1. The highest BCUT2D eigenvalue weighted by Crippen LogP contribution is 2.11. The lowest BCUT2D eigenvalue weighted by atomic mass is 10.1. The maximum Gasteiger partial charge on any atom is 0.322 e. The van der Waals surface area contributed by atoms with Crippen molar-refractivity contribution in [2.75, 3.05) is 0 Å². The third kappa shape index (κ3) is 2.41. The predicted octanol–water partition coefficient (Wildman–Crippen LogP) is 0.461. The third-order valence-corrected chi connectivity index (χ3v) is 2.35. The summed E-state index contributed by atoms with van der Waals surface area (Å²) in [5, 5.41) is 12.6. The average Bonchev–Trinajstić information content (AvgIpc) is 2.49. The van der Waals surface area contributed by atoms with Crippen LogP contribution in [0.4, 0.5) is 0 Å². The van der Waals surface area contributed by atoms with Crippen molar-refractivity contribution in [2.24, 2.45) is 5.73 Å². The van der Waals surface area contributed by atoms with Gasteiger partial charge in [-0.25, -0.2) is 0 Å². The fraction of sp³-hybridized carbons (Fsp3) is 0.429. The molecule has 0 aliphatic rings. The van der Waals surface area contributed by atoms with Gasteiger partial charge in [0.1, 0.15) is 6.04 Å². The molecule has 1 aromatic rings. The molecule has 6 heteroatoms. The summed E-state index contributed by atoms with van der Waals surface area (Å²) in [5.41, 5.74) is 5.44. The molecule has 0 aromatic carbocycles. The van der Waals surface area contributed by atoms with Crippen LogP contribution < -0.4 is 5.73 Å². The Labute approximate surface area is 89.1 Å². The van der Waals surface area contributed by atoms with Crippen molar-refractivity contribution in [1.82, 2.24) is 9.78 Å². The number of hydrogen-bond donors (Lipinski definition) is 2. The van der Waals surface area contributed by atoms with E-state index in [1.165, 1.54) is 0 Å². The van der Waals surface area contributed by atoms with Crippen molar-refractivity contribution < 1.29 is 9.90 Å². The average molecular weight is 295 g/mol. The minimum atomic E-state index is -1.02. The van der Waals surface area contributed by atoms with Gasteiger partial charge in [0.15, 0.2) is 0 Å². The van der Waals surface area contributed by atoms with E-state index in [0.717, 1.165) is 3.57 Å². The standard InChI is InChI=1S/C7H10IN3O2/c1-4(6(9)7(12)13)11-3-5(8)2-10-11/h2-4,6H,9H2,1H3,(H,12,13). The zero-order valence-corrected chi connectivity index (χ0v) is 9.17. The molecule has 0 aliphatic carbocycles. The van der Waals surface area contributed by atoms with E-state index in [-0.39, 0.29) is 6.04 Å². The zero-order chi connectivity index (χ0) is 10.0.